The van der Waals surface area contributed by atoms with Gasteiger partial charge in [-0.05, 0) is 64.7 Å². The number of hydrogen-bond donors (Lipinski definition) is 1. The number of rotatable bonds is 3. The summed E-state index contributed by atoms with van der Waals surface area (Å²) < 4.78 is 6.27. The van der Waals surface area contributed by atoms with E-state index in [1.54, 1.807) is 7.11 Å². The molecule has 1 aromatic rings. The van der Waals surface area contributed by atoms with Gasteiger partial charge < -0.3 is 10.1 Å². The minimum absolute atomic E-state index is 0.443. The molecular weight excluding hydrogens is 302 g/mol. The van der Waals surface area contributed by atoms with Gasteiger partial charge in [0.2, 0.25) is 0 Å². The first-order chi connectivity index (χ1) is 8.89. The lowest BCUT2D eigenvalue weighted by atomic mass is 9.70. The van der Waals surface area contributed by atoms with Gasteiger partial charge in [0.1, 0.15) is 5.75 Å². The second kappa shape index (κ2) is 5.74. The molecule has 2 nitrogen and oxygen atoms in total. The molecular formula is C16H24BrNO. The summed E-state index contributed by atoms with van der Waals surface area (Å²) in [5.74, 6) is 1.67. The average Bonchev–Trinajstić information content (AvgIpc) is 2.26. The molecule has 106 valence electrons. The maximum atomic E-state index is 5.27. The summed E-state index contributed by atoms with van der Waals surface area (Å²) in [5, 5.41) is 3.67. The minimum atomic E-state index is 0.443. The van der Waals surface area contributed by atoms with Crippen molar-refractivity contribution < 1.29 is 4.74 Å². The van der Waals surface area contributed by atoms with Gasteiger partial charge in [0.15, 0.2) is 0 Å². The monoisotopic (exact) mass is 325 g/mol. The summed E-state index contributed by atoms with van der Waals surface area (Å²) in [6.45, 7) is 7.11. The molecule has 1 fully saturated rings. The van der Waals surface area contributed by atoms with Gasteiger partial charge in [0.25, 0.3) is 0 Å². The predicted octanol–water partition coefficient (Wildman–Crippen LogP) is 5.08. The standard InChI is InChI=1S/C16H24BrNO/c1-11-7-13(10-16(2,3)9-11)18-12-5-6-15(19-4)14(17)8-12/h5-6,8,11,13,18H,7,9-10H2,1-4H3. The fourth-order valence-corrected chi connectivity index (χ4v) is 3.99. The van der Waals surface area contributed by atoms with Crippen molar-refractivity contribution in [3.63, 3.8) is 0 Å². The lowest BCUT2D eigenvalue weighted by Gasteiger charge is -2.39. The molecule has 0 amide bonds. The van der Waals surface area contributed by atoms with Crippen LogP contribution in [0.5, 0.6) is 5.75 Å². The molecule has 1 aromatic carbocycles. The molecule has 0 saturated heterocycles. The third-order valence-corrected chi connectivity index (χ3v) is 4.53. The highest BCUT2D eigenvalue weighted by Crippen LogP contribution is 2.40. The Labute approximate surface area is 125 Å². The summed E-state index contributed by atoms with van der Waals surface area (Å²) in [6.07, 6.45) is 3.82. The van der Waals surface area contributed by atoms with Gasteiger partial charge in [0.05, 0.1) is 11.6 Å². The van der Waals surface area contributed by atoms with Gasteiger partial charge in [-0.2, -0.15) is 0 Å². The van der Waals surface area contributed by atoms with Gasteiger partial charge in [-0.3, -0.25) is 0 Å². The highest BCUT2D eigenvalue weighted by molar-refractivity contribution is 9.10. The minimum Gasteiger partial charge on any atom is -0.496 e. The van der Waals surface area contributed by atoms with Crippen LogP contribution < -0.4 is 10.1 Å². The number of methoxy groups -OCH3 is 1. The molecule has 1 aliphatic rings. The van der Waals surface area contributed by atoms with E-state index >= 15 is 0 Å². The van der Waals surface area contributed by atoms with Crippen molar-refractivity contribution in [3.05, 3.63) is 22.7 Å². The van der Waals surface area contributed by atoms with Crippen LogP contribution in [-0.4, -0.2) is 13.2 Å². The first-order valence-corrected chi connectivity index (χ1v) is 7.79. The second-order valence-corrected chi connectivity index (χ2v) is 7.46. The maximum absolute atomic E-state index is 5.27. The Morgan fingerprint density at radius 2 is 2.05 bits per heavy atom. The van der Waals surface area contributed by atoms with Crippen LogP contribution in [0, 0.1) is 11.3 Å². The number of ether oxygens (including phenoxy) is 1. The second-order valence-electron chi connectivity index (χ2n) is 6.60. The van der Waals surface area contributed by atoms with E-state index in [4.69, 9.17) is 4.74 Å². The van der Waals surface area contributed by atoms with E-state index in [0.717, 1.165) is 16.1 Å². The van der Waals surface area contributed by atoms with Crippen LogP contribution in [0.4, 0.5) is 5.69 Å². The highest BCUT2D eigenvalue weighted by Gasteiger charge is 2.31. The van der Waals surface area contributed by atoms with Crippen molar-refractivity contribution in [2.45, 2.75) is 46.1 Å². The van der Waals surface area contributed by atoms with Crippen LogP contribution in [0.2, 0.25) is 0 Å². The molecule has 3 heteroatoms. The molecule has 1 aliphatic carbocycles. The lowest BCUT2D eigenvalue weighted by Crippen LogP contribution is -2.35. The average molecular weight is 326 g/mol. The summed E-state index contributed by atoms with van der Waals surface area (Å²) >= 11 is 3.54. The van der Waals surface area contributed by atoms with E-state index in [-0.39, 0.29) is 0 Å². The lowest BCUT2D eigenvalue weighted by molar-refractivity contribution is 0.178. The predicted molar refractivity (Wildman–Crippen MR) is 84.9 cm³/mol. The Morgan fingerprint density at radius 1 is 1.32 bits per heavy atom. The van der Waals surface area contributed by atoms with E-state index in [1.165, 1.54) is 24.9 Å². The van der Waals surface area contributed by atoms with Crippen LogP contribution in [0.1, 0.15) is 40.0 Å². The normalized spacial score (nSPS) is 25.9. The Balaban J connectivity index is 2.06. The number of benzene rings is 1. The van der Waals surface area contributed by atoms with Crippen molar-refractivity contribution in [3.8, 4) is 5.75 Å². The van der Waals surface area contributed by atoms with Crippen LogP contribution >= 0.6 is 15.9 Å². The third kappa shape index (κ3) is 3.88. The van der Waals surface area contributed by atoms with Gasteiger partial charge in [0, 0.05) is 11.7 Å². The third-order valence-electron chi connectivity index (χ3n) is 3.91. The zero-order chi connectivity index (χ0) is 14.0. The first kappa shape index (κ1) is 14.7. The summed E-state index contributed by atoms with van der Waals surface area (Å²) in [5.41, 5.74) is 1.61. The quantitative estimate of drug-likeness (QED) is 0.836. The van der Waals surface area contributed by atoms with Crippen LogP contribution in [0.15, 0.2) is 22.7 Å². The largest absolute Gasteiger partial charge is 0.496 e. The Morgan fingerprint density at radius 3 is 2.63 bits per heavy atom. The van der Waals surface area contributed by atoms with Crippen LogP contribution in [0.25, 0.3) is 0 Å². The molecule has 0 spiro atoms. The molecule has 2 atom stereocenters. The molecule has 0 heterocycles. The van der Waals surface area contributed by atoms with E-state index in [0.29, 0.717) is 11.5 Å². The fraction of sp³-hybridized carbons (Fsp3) is 0.625. The number of nitrogens with one attached hydrogen (secondary N) is 1. The Bertz CT molecular complexity index is 444. The summed E-state index contributed by atoms with van der Waals surface area (Å²) in [6, 6.07) is 6.77. The van der Waals surface area contributed by atoms with Crippen molar-refractivity contribution in [1.29, 1.82) is 0 Å². The zero-order valence-electron chi connectivity index (χ0n) is 12.3. The van der Waals surface area contributed by atoms with Gasteiger partial charge in [-0.1, -0.05) is 20.8 Å². The van der Waals surface area contributed by atoms with Crippen molar-refractivity contribution in [2.24, 2.45) is 11.3 Å². The van der Waals surface area contributed by atoms with E-state index in [2.05, 4.69) is 54.2 Å². The molecule has 0 aromatic heterocycles. The van der Waals surface area contributed by atoms with Crippen molar-refractivity contribution in [2.75, 3.05) is 12.4 Å². The van der Waals surface area contributed by atoms with Crippen LogP contribution in [-0.2, 0) is 0 Å². The molecule has 19 heavy (non-hydrogen) atoms. The Hall–Kier alpha value is -0.700. The molecule has 0 radical (unpaired) electrons. The molecule has 1 N–H and O–H groups in total. The SMILES string of the molecule is COc1ccc(NC2CC(C)CC(C)(C)C2)cc1Br. The van der Waals surface area contributed by atoms with E-state index in [1.807, 2.05) is 6.07 Å². The topological polar surface area (TPSA) is 21.3 Å². The highest BCUT2D eigenvalue weighted by atomic mass is 79.9. The van der Waals surface area contributed by atoms with Gasteiger partial charge in [-0.15, -0.1) is 0 Å². The van der Waals surface area contributed by atoms with Crippen molar-refractivity contribution in [1.82, 2.24) is 0 Å². The van der Waals surface area contributed by atoms with E-state index in [9.17, 15) is 0 Å². The molecule has 2 unspecified atom stereocenters. The van der Waals surface area contributed by atoms with Crippen LogP contribution in [0.3, 0.4) is 0 Å². The molecule has 1 saturated carbocycles. The number of hydrogen-bond acceptors (Lipinski definition) is 2. The molecule has 0 bridgehead atoms. The van der Waals surface area contributed by atoms with Gasteiger partial charge >= 0.3 is 0 Å². The van der Waals surface area contributed by atoms with Crippen molar-refractivity contribution >= 4 is 21.6 Å². The fourth-order valence-electron chi connectivity index (χ4n) is 3.45. The number of anilines is 1. The van der Waals surface area contributed by atoms with E-state index < -0.39 is 0 Å². The smallest absolute Gasteiger partial charge is 0.133 e. The first-order valence-electron chi connectivity index (χ1n) is 7.00. The zero-order valence-corrected chi connectivity index (χ0v) is 13.9. The summed E-state index contributed by atoms with van der Waals surface area (Å²) in [7, 11) is 1.69. The maximum Gasteiger partial charge on any atom is 0.133 e. The number of halogens is 1. The molecule has 2 rings (SSSR count). The summed E-state index contributed by atoms with van der Waals surface area (Å²) in [4.78, 5) is 0. The van der Waals surface area contributed by atoms with Gasteiger partial charge in [-0.25, -0.2) is 0 Å². The molecule has 0 aliphatic heterocycles. The Kier molecular flexibility index (Phi) is 4.44.